The molecule has 0 atom stereocenters. The minimum absolute atomic E-state index is 0.0929. The molecule has 0 aliphatic heterocycles. The number of rotatable bonds is 9. The largest absolute Gasteiger partial charge is 0.340 e. The molecule has 4 rings (SSSR count). The maximum absolute atomic E-state index is 12.9. The summed E-state index contributed by atoms with van der Waals surface area (Å²) in [5.41, 5.74) is 0.389. The van der Waals surface area contributed by atoms with Crippen molar-refractivity contribution >= 4 is 22.8 Å². The van der Waals surface area contributed by atoms with Gasteiger partial charge in [0.15, 0.2) is 17.0 Å². The highest BCUT2D eigenvalue weighted by Crippen LogP contribution is 2.15. The number of fused-ring (bicyclic) bond motifs is 1. The fraction of sp³-hybridized carbons (Fsp3) is 0.474. The molecule has 4 aromatic rings. The third-order valence-corrected chi connectivity index (χ3v) is 5.17. The molecule has 0 saturated carbocycles. The monoisotopic (exact) mass is 446 g/mol. The summed E-state index contributed by atoms with van der Waals surface area (Å²) in [6, 6.07) is 0. The van der Waals surface area contributed by atoms with Gasteiger partial charge in [0.2, 0.25) is 5.28 Å². The molecule has 0 aromatic carbocycles. The van der Waals surface area contributed by atoms with Crippen molar-refractivity contribution in [2.24, 2.45) is 7.05 Å². The first-order valence-electron chi connectivity index (χ1n) is 10.2. The number of nitrogens with one attached hydrogen (secondary N) is 1. The zero-order chi connectivity index (χ0) is 22.0. The molecular weight excluding hydrogens is 424 g/mol. The van der Waals surface area contributed by atoms with Crippen molar-refractivity contribution in [2.75, 3.05) is 0 Å². The quantitative estimate of drug-likeness (QED) is 0.308. The van der Waals surface area contributed by atoms with Gasteiger partial charge in [0, 0.05) is 32.8 Å². The van der Waals surface area contributed by atoms with Crippen molar-refractivity contribution in [3.63, 3.8) is 0 Å². The normalized spacial score (nSPS) is 11.6. The van der Waals surface area contributed by atoms with Crippen LogP contribution in [-0.2, 0) is 26.6 Å². The van der Waals surface area contributed by atoms with Crippen LogP contribution in [0, 0.1) is 0 Å². The first-order valence-corrected chi connectivity index (χ1v) is 10.6. The number of H-pyrrole nitrogens is 1. The van der Waals surface area contributed by atoms with E-state index >= 15 is 0 Å². The lowest BCUT2D eigenvalue weighted by molar-refractivity contribution is 0.419. The van der Waals surface area contributed by atoms with E-state index < -0.39 is 5.56 Å². The molecule has 4 aromatic heterocycles. The molecule has 31 heavy (non-hydrogen) atoms. The van der Waals surface area contributed by atoms with Crippen LogP contribution >= 0.6 is 11.6 Å². The average Bonchev–Trinajstić information content (AvgIpc) is 3.47. The molecule has 1 N–H and O–H groups in total. The molecule has 0 bridgehead atoms. The highest BCUT2D eigenvalue weighted by molar-refractivity contribution is 6.28. The Bertz CT molecular complexity index is 1310. The highest BCUT2D eigenvalue weighted by Gasteiger charge is 2.17. The van der Waals surface area contributed by atoms with E-state index in [4.69, 9.17) is 16.1 Å². The number of nitrogens with zero attached hydrogens (tertiary/aromatic N) is 7. The lowest BCUT2D eigenvalue weighted by Gasteiger charge is -2.10. The van der Waals surface area contributed by atoms with Gasteiger partial charge in [-0.1, -0.05) is 18.5 Å². The van der Waals surface area contributed by atoms with Crippen LogP contribution in [0.2, 0.25) is 5.28 Å². The van der Waals surface area contributed by atoms with Crippen LogP contribution in [0.15, 0.2) is 26.6 Å². The van der Waals surface area contributed by atoms with Crippen LogP contribution in [0.1, 0.15) is 38.4 Å². The molecule has 164 valence electrons. The second-order valence-corrected chi connectivity index (χ2v) is 7.73. The van der Waals surface area contributed by atoms with Crippen LogP contribution in [0.3, 0.4) is 0 Å². The molecule has 4 heterocycles. The van der Waals surface area contributed by atoms with E-state index in [1.165, 1.54) is 9.13 Å². The Balaban J connectivity index is 1.46. The third kappa shape index (κ3) is 4.31. The molecule has 11 nitrogen and oxygen atoms in total. The highest BCUT2D eigenvalue weighted by atomic mass is 35.5. The van der Waals surface area contributed by atoms with Crippen molar-refractivity contribution in [3.05, 3.63) is 44.5 Å². The number of hydrogen-bond acceptors (Lipinski definition) is 7. The van der Waals surface area contributed by atoms with Crippen LogP contribution in [0.25, 0.3) is 22.7 Å². The van der Waals surface area contributed by atoms with Gasteiger partial charge in [-0.15, -0.1) is 0 Å². The zero-order valence-electron chi connectivity index (χ0n) is 17.3. The van der Waals surface area contributed by atoms with Crippen molar-refractivity contribution in [1.29, 1.82) is 0 Å². The standard InChI is InChI=1S/C19H23ClN8O3/c1-3-4-8-27-15-14(23-18(20)24-15)17(29)28(19(27)30)9-6-5-7-13-22-16(31-25-13)12-10-26(2)11-21-12/h10-11H,3-9H2,1-2H3,(H,23,24). The van der Waals surface area contributed by atoms with Crippen molar-refractivity contribution in [1.82, 2.24) is 38.8 Å². The van der Waals surface area contributed by atoms with E-state index in [0.717, 1.165) is 12.8 Å². The smallest absolute Gasteiger partial charge is 0.332 e. The van der Waals surface area contributed by atoms with Gasteiger partial charge in [0.25, 0.3) is 11.4 Å². The fourth-order valence-corrected chi connectivity index (χ4v) is 3.56. The van der Waals surface area contributed by atoms with Crippen molar-refractivity contribution in [2.45, 2.75) is 52.1 Å². The van der Waals surface area contributed by atoms with Gasteiger partial charge in [0.1, 0.15) is 5.69 Å². The molecule has 0 aliphatic carbocycles. The first kappa shape index (κ1) is 21.0. The Hall–Kier alpha value is -3.21. The molecule has 0 amide bonds. The van der Waals surface area contributed by atoms with Gasteiger partial charge in [-0.25, -0.2) is 9.78 Å². The Morgan fingerprint density at radius 2 is 1.94 bits per heavy atom. The Labute approximate surface area is 181 Å². The number of aryl methyl sites for hydroxylation is 3. The lowest BCUT2D eigenvalue weighted by Crippen LogP contribution is -2.40. The van der Waals surface area contributed by atoms with E-state index in [-0.39, 0.29) is 23.0 Å². The molecule has 0 radical (unpaired) electrons. The minimum atomic E-state index is -0.413. The minimum Gasteiger partial charge on any atom is -0.340 e. The summed E-state index contributed by atoms with van der Waals surface area (Å²) in [4.78, 5) is 41.1. The summed E-state index contributed by atoms with van der Waals surface area (Å²) >= 11 is 5.95. The average molecular weight is 447 g/mol. The number of imidazole rings is 2. The fourth-order valence-electron chi connectivity index (χ4n) is 3.39. The predicted molar refractivity (Wildman–Crippen MR) is 114 cm³/mol. The van der Waals surface area contributed by atoms with E-state index in [1.807, 2.05) is 14.0 Å². The summed E-state index contributed by atoms with van der Waals surface area (Å²) in [6.07, 6.45) is 7.02. The molecule has 12 heteroatoms. The van der Waals surface area contributed by atoms with E-state index in [0.29, 0.717) is 48.9 Å². The summed E-state index contributed by atoms with van der Waals surface area (Å²) < 4.78 is 9.80. The van der Waals surface area contributed by atoms with E-state index in [2.05, 4.69) is 25.1 Å². The first-order chi connectivity index (χ1) is 15.0. The van der Waals surface area contributed by atoms with E-state index in [9.17, 15) is 9.59 Å². The molecular formula is C19H23ClN8O3. The number of aromatic amines is 1. The van der Waals surface area contributed by atoms with Crippen LogP contribution in [-0.4, -0.2) is 38.8 Å². The predicted octanol–water partition coefficient (Wildman–Crippen LogP) is 2.15. The maximum Gasteiger partial charge on any atom is 0.332 e. The molecule has 0 saturated heterocycles. The zero-order valence-corrected chi connectivity index (χ0v) is 18.1. The number of unbranched alkanes of at least 4 members (excludes halogenated alkanes) is 2. The van der Waals surface area contributed by atoms with Crippen molar-refractivity contribution in [3.8, 4) is 11.6 Å². The summed E-state index contributed by atoms with van der Waals surface area (Å²) in [6.45, 7) is 2.79. The van der Waals surface area contributed by atoms with E-state index in [1.54, 1.807) is 17.1 Å². The van der Waals surface area contributed by atoms with Gasteiger partial charge in [-0.3, -0.25) is 13.9 Å². The second-order valence-electron chi connectivity index (χ2n) is 7.37. The lowest BCUT2D eigenvalue weighted by atomic mass is 10.2. The Morgan fingerprint density at radius 3 is 2.68 bits per heavy atom. The molecule has 0 fully saturated rings. The number of halogens is 1. The second kappa shape index (κ2) is 8.88. The molecule has 0 unspecified atom stereocenters. The SMILES string of the molecule is CCCCn1c(=O)n(CCCCc2noc(-c3cn(C)cn3)n2)c(=O)c2[nH]c(Cl)nc21. The van der Waals surface area contributed by atoms with Gasteiger partial charge < -0.3 is 14.1 Å². The Kier molecular flexibility index (Phi) is 6.03. The van der Waals surface area contributed by atoms with Gasteiger partial charge >= 0.3 is 5.69 Å². The van der Waals surface area contributed by atoms with Gasteiger partial charge in [-0.2, -0.15) is 9.97 Å². The van der Waals surface area contributed by atoms with Crippen LogP contribution in [0.4, 0.5) is 0 Å². The third-order valence-electron chi connectivity index (χ3n) is 4.99. The number of hydrogen-bond donors (Lipinski definition) is 1. The Morgan fingerprint density at radius 1 is 1.13 bits per heavy atom. The van der Waals surface area contributed by atoms with Crippen molar-refractivity contribution < 1.29 is 4.52 Å². The summed E-state index contributed by atoms with van der Waals surface area (Å²) in [5, 5.41) is 4.07. The number of aromatic nitrogens is 8. The molecule has 0 aliphatic rings. The van der Waals surface area contributed by atoms with Crippen LogP contribution in [0.5, 0.6) is 0 Å². The summed E-state index contributed by atoms with van der Waals surface area (Å²) in [5.74, 6) is 0.927. The molecule has 0 spiro atoms. The van der Waals surface area contributed by atoms with Gasteiger partial charge in [-0.05, 0) is 30.9 Å². The summed E-state index contributed by atoms with van der Waals surface area (Å²) in [7, 11) is 1.86. The maximum atomic E-state index is 12.9. The topological polar surface area (TPSA) is 129 Å². The van der Waals surface area contributed by atoms with Gasteiger partial charge in [0.05, 0.1) is 6.33 Å². The van der Waals surface area contributed by atoms with Crippen LogP contribution < -0.4 is 11.2 Å².